The fourth-order valence-electron chi connectivity index (χ4n) is 1.89. The molecule has 0 saturated heterocycles. The second kappa shape index (κ2) is 5.10. The van der Waals surface area contributed by atoms with E-state index in [1.54, 1.807) is 0 Å². The van der Waals surface area contributed by atoms with E-state index < -0.39 is 0 Å². The lowest BCUT2D eigenvalue weighted by Crippen LogP contribution is -2.13. The van der Waals surface area contributed by atoms with Crippen molar-refractivity contribution in [1.82, 2.24) is 14.5 Å². The Hall–Kier alpha value is -1.68. The van der Waals surface area contributed by atoms with E-state index in [1.807, 2.05) is 49.3 Å². The SMILES string of the molecule is Cc1cc(C(N)CCc2nccn2C)ccn1. The highest BCUT2D eigenvalue weighted by molar-refractivity contribution is 5.19. The van der Waals surface area contributed by atoms with E-state index in [-0.39, 0.29) is 6.04 Å². The molecule has 90 valence electrons. The van der Waals surface area contributed by atoms with Crippen LogP contribution in [0.3, 0.4) is 0 Å². The van der Waals surface area contributed by atoms with Crippen molar-refractivity contribution in [2.75, 3.05) is 0 Å². The summed E-state index contributed by atoms with van der Waals surface area (Å²) in [4.78, 5) is 8.47. The van der Waals surface area contributed by atoms with Gasteiger partial charge in [-0.2, -0.15) is 0 Å². The van der Waals surface area contributed by atoms with Gasteiger partial charge in [0.05, 0.1) is 0 Å². The summed E-state index contributed by atoms with van der Waals surface area (Å²) >= 11 is 0. The molecule has 0 aliphatic rings. The van der Waals surface area contributed by atoms with Gasteiger partial charge in [-0.05, 0) is 31.0 Å². The monoisotopic (exact) mass is 230 g/mol. The number of aryl methyl sites for hydroxylation is 3. The number of hydrogen-bond donors (Lipinski definition) is 1. The summed E-state index contributed by atoms with van der Waals surface area (Å²) in [7, 11) is 2.00. The minimum atomic E-state index is 0.0494. The third kappa shape index (κ3) is 2.91. The summed E-state index contributed by atoms with van der Waals surface area (Å²) in [5, 5.41) is 0. The van der Waals surface area contributed by atoms with Crippen LogP contribution in [0.25, 0.3) is 0 Å². The molecule has 2 aromatic rings. The molecule has 0 aliphatic carbocycles. The number of rotatable bonds is 4. The Labute approximate surface area is 102 Å². The van der Waals surface area contributed by atoms with Crippen molar-refractivity contribution in [2.24, 2.45) is 12.8 Å². The van der Waals surface area contributed by atoms with E-state index in [4.69, 9.17) is 5.73 Å². The molecule has 0 radical (unpaired) electrons. The van der Waals surface area contributed by atoms with Crippen LogP contribution in [0, 0.1) is 6.92 Å². The summed E-state index contributed by atoms with van der Waals surface area (Å²) in [6, 6.07) is 4.08. The van der Waals surface area contributed by atoms with Crippen molar-refractivity contribution in [3.8, 4) is 0 Å². The Morgan fingerprint density at radius 1 is 1.35 bits per heavy atom. The van der Waals surface area contributed by atoms with Gasteiger partial charge in [0.15, 0.2) is 0 Å². The highest BCUT2D eigenvalue weighted by Crippen LogP contribution is 2.16. The van der Waals surface area contributed by atoms with Crippen LogP contribution < -0.4 is 5.73 Å². The van der Waals surface area contributed by atoms with Crippen LogP contribution in [0.2, 0.25) is 0 Å². The largest absolute Gasteiger partial charge is 0.338 e. The molecule has 0 saturated carbocycles. The Morgan fingerprint density at radius 3 is 2.82 bits per heavy atom. The molecule has 0 fully saturated rings. The fourth-order valence-corrected chi connectivity index (χ4v) is 1.89. The van der Waals surface area contributed by atoms with Gasteiger partial charge < -0.3 is 10.3 Å². The first-order valence-electron chi connectivity index (χ1n) is 5.81. The molecule has 1 atom stereocenters. The number of nitrogens with zero attached hydrogens (tertiary/aromatic N) is 3. The normalized spacial score (nSPS) is 12.6. The lowest BCUT2D eigenvalue weighted by molar-refractivity contribution is 0.619. The molecule has 0 bridgehead atoms. The van der Waals surface area contributed by atoms with Crippen molar-refractivity contribution in [1.29, 1.82) is 0 Å². The van der Waals surface area contributed by atoms with Gasteiger partial charge in [0.2, 0.25) is 0 Å². The maximum Gasteiger partial charge on any atom is 0.108 e. The van der Waals surface area contributed by atoms with Crippen LogP contribution in [0.4, 0.5) is 0 Å². The Morgan fingerprint density at radius 2 is 2.18 bits per heavy atom. The molecule has 2 heterocycles. The molecule has 4 heteroatoms. The van der Waals surface area contributed by atoms with Crippen molar-refractivity contribution in [3.05, 3.63) is 47.8 Å². The van der Waals surface area contributed by atoms with Crippen LogP contribution in [0.15, 0.2) is 30.7 Å². The minimum Gasteiger partial charge on any atom is -0.338 e. The first kappa shape index (κ1) is 11.8. The van der Waals surface area contributed by atoms with Crippen LogP contribution in [-0.4, -0.2) is 14.5 Å². The minimum absolute atomic E-state index is 0.0494. The Kier molecular flexibility index (Phi) is 3.54. The predicted octanol–water partition coefficient (Wildman–Crippen LogP) is 1.76. The summed E-state index contributed by atoms with van der Waals surface area (Å²) in [5.74, 6) is 1.08. The van der Waals surface area contributed by atoms with Gasteiger partial charge in [0.25, 0.3) is 0 Å². The summed E-state index contributed by atoms with van der Waals surface area (Å²) in [6.07, 6.45) is 7.38. The standard InChI is InChI=1S/C13H18N4/c1-10-9-11(5-6-15-10)12(14)3-4-13-16-7-8-17(13)2/h5-9,12H,3-4,14H2,1-2H3. The number of nitrogens with two attached hydrogens (primary N) is 1. The lowest BCUT2D eigenvalue weighted by atomic mass is 10.0. The average molecular weight is 230 g/mol. The molecule has 17 heavy (non-hydrogen) atoms. The smallest absolute Gasteiger partial charge is 0.108 e. The molecular weight excluding hydrogens is 212 g/mol. The quantitative estimate of drug-likeness (QED) is 0.870. The van der Waals surface area contributed by atoms with Gasteiger partial charge in [-0.15, -0.1) is 0 Å². The molecular formula is C13H18N4. The summed E-state index contributed by atoms with van der Waals surface area (Å²) in [5.41, 5.74) is 8.32. The van der Waals surface area contributed by atoms with E-state index in [0.29, 0.717) is 0 Å². The fraction of sp³-hybridized carbons (Fsp3) is 0.385. The Bertz CT molecular complexity index is 490. The number of aromatic nitrogens is 3. The van der Waals surface area contributed by atoms with E-state index in [0.717, 1.165) is 29.9 Å². The summed E-state index contributed by atoms with van der Waals surface area (Å²) < 4.78 is 2.03. The molecule has 2 rings (SSSR count). The molecule has 2 N–H and O–H groups in total. The van der Waals surface area contributed by atoms with E-state index in [2.05, 4.69) is 9.97 Å². The number of hydrogen-bond acceptors (Lipinski definition) is 3. The van der Waals surface area contributed by atoms with Crippen LogP contribution >= 0.6 is 0 Å². The Balaban J connectivity index is 1.98. The van der Waals surface area contributed by atoms with Crippen LogP contribution in [-0.2, 0) is 13.5 Å². The van der Waals surface area contributed by atoms with E-state index >= 15 is 0 Å². The highest BCUT2D eigenvalue weighted by Gasteiger charge is 2.08. The van der Waals surface area contributed by atoms with Gasteiger partial charge in [-0.3, -0.25) is 4.98 Å². The number of pyridine rings is 1. The van der Waals surface area contributed by atoms with Gasteiger partial charge >= 0.3 is 0 Å². The van der Waals surface area contributed by atoms with E-state index in [1.165, 1.54) is 0 Å². The van der Waals surface area contributed by atoms with Crippen LogP contribution in [0.1, 0.15) is 29.5 Å². The molecule has 4 nitrogen and oxygen atoms in total. The van der Waals surface area contributed by atoms with Gasteiger partial charge in [0, 0.05) is 43.8 Å². The molecule has 0 aliphatic heterocycles. The van der Waals surface area contributed by atoms with Gasteiger partial charge in [-0.1, -0.05) is 0 Å². The second-order valence-corrected chi connectivity index (χ2v) is 4.33. The zero-order valence-electron chi connectivity index (χ0n) is 10.3. The molecule has 0 spiro atoms. The van der Waals surface area contributed by atoms with E-state index in [9.17, 15) is 0 Å². The van der Waals surface area contributed by atoms with Gasteiger partial charge in [0.1, 0.15) is 5.82 Å². The topological polar surface area (TPSA) is 56.7 Å². The molecule has 1 unspecified atom stereocenters. The zero-order valence-corrected chi connectivity index (χ0v) is 10.3. The third-order valence-electron chi connectivity index (χ3n) is 2.95. The first-order chi connectivity index (χ1) is 8.16. The van der Waals surface area contributed by atoms with Gasteiger partial charge in [-0.25, -0.2) is 4.98 Å². The number of imidazole rings is 1. The molecule has 0 amide bonds. The average Bonchev–Trinajstić information content (AvgIpc) is 2.72. The lowest BCUT2D eigenvalue weighted by Gasteiger charge is -2.12. The maximum atomic E-state index is 6.17. The van der Waals surface area contributed by atoms with Crippen molar-refractivity contribution >= 4 is 0 Å². The molecule has 2 aromatic heterocycles. The second-order valence-electron chi connectivity index (χ2n) is 4.33. The van der Waals surface area contributed by atoms with Crippen molar-refractivity contribution < 1.29 is 0 Å². The zero-order chi connectivity index (χ0) is 12.3. The third-order valence-corrected chi connectivity index (χ3v) is 2.95. The van der Waals surface area contributed by atoms with Crippen LogP contribution in [0.5, 0.6) is 0 Å². The highest BCUT2D eigenvalue weighted by atomic mass is 15.0. The maximum absolute atomic E-state index is 6.17. The predicted molar refractivity (Wildman–Crippen MR) is 67.4 cm³/mol. The van der Waals surface area contributed by atoms with Crippen molar-refractivity contribution in [2.45, 2.75) is 25.8 Å². The summed E-state index contributed by atoms with van der Waals surface area (Å²) in [6.45, 7) is 1.98. The molecule has 0 aromatic carbocycles. The first-order valence-corrected chi connectivity index (χ1v) is 5.81. The van der Waals surface area contributed by atoms with Crippen molar-refractivity contribution in [3.63, 3.8) is 0 Å².